The number of esters is 2. The highest BCUT2D eigenvalue weighted by Crippen LogP contribution is 2.33. The maximum absolute atomic E-state index is 12.3. The monoisotopic (exact) mass is 388 g/mol. The summed E-state index contributed by atoms with van der Waals surface area (Å²) in [5, 5.41) is 0.407. The highest BCUT2D eigenvalue weighted by Gasteiger charge is 2.40. The first kappa shape index (κ1) is 21.8. The second-order valence-electron chi connectivity index (χ2n) is 6.47. The zero-order valence-electron chi connectivity index (χ0n) is 15.1. The summed E-state index contributed by atoms with van der Waals surface area (Å²) in [5.41, 5.74) is -1.42. The van der Waals surface area contributed by atoms with Crippen LogP contribution in [0.5, 0.6) is 5.75 Å². The number of rotatable bonds is 10. The van der Waals surface area contributed by atoms with Crippen LogP contribution >= 0.6 is 23.2 Å². The molecule has 0 aliphatic rings. The van der Waals surface area contributed by atoms with Gasteiger partial charge in [0.2, 0.25) is 0 Å². The third-order valence-electron chi connectivity index (χ3n) is 3.87. The summed E-state index contributed by atoms with van der Waals surface area (Å²) in [5.74, 6) is -1.22. The van der Waals surface area contributed by atoms with Crippen molar-refractivity contribution in [3.05, 3.63) is 28.2 Å². The summed E-state index contributed by atoms with van der Waals surface area (Å²) < 4.78 is 10.5. The molecular weight excluding hydrogens is 363 g/mol. The fourth-order valence-electron chi connectivity index (χ4n) is 2.10. The Morgan fingerprint density at radius 2 is 1.64 bits per heavy atom. The van der Waals surface area contributed by atoms with Crippen LogP contribution in [0.4, 0.5) is 0 Å². The number of carbonyl (C=O) groups excluding carboxylic acids is 2. The molecule has 1 aromatic carbocycles. The molecule has 0 atom stereocenters. The van der Waals surface area contributed by atoms with Crippen molar-refractivity contribution in [2.75, 3.05) is 6.61 Å². The van der Waals surface area contributed by atoms with E-state index in [4.69, 9.17) is 32.7 Å². The van der Waals surface area contributed by atoms with Gasteiger partial charge in [0.1, 0.15) is 5.02 Å². The number of ether oxygens (including phenoxy) is 2. The van der Waals surface area contributed by atoms with Crippen molar-refractivity contribution in [1.82, 2.24) is 0 Å². The number of unbranched alkanes of at least 4 members (excludes halogenated alkanes) is 5. The van der Waals surface area contributed by atoms with E-state index < -0.39 is 17.4 Å². The highest BCUT2D eigenvalue weighted by molar-refractivity contribution is 6.43. The van der Waals surface area contributed by atoms with Gasteiger partial charge in [0.15, 0.2) is 11.2 Å². The van der Waals surface area contributed by atoms with Crippen molar-refractivity contribution in [3.8, 4) is 5.75 Å². The minimum absolute atomic E-state index is 0.121. The minimum atomic E-state index is -1.42. The van der Waals surface area contributed by atoms with Gasteiger partial charge in [0, 0.05) is 0 Å². The van der Waals surface area contributed by atoms with Crippen LogP contribution < -0.4 is 4.74 Å². The standard InChI is InChI=1S/C19H26Cl2O4/c1-4-5-6-7-8-9-13-24-17(22)19(2,3)18(23)25-15-12-10-11-14(20)16(15)21/h10-12H,4-9,13H2,1-3H3. The van der Waals surface area contributed by atoms with Crippen molar-refractivity contribution in [1.29, 1.82) is 0 Å². The van der Waals surface area contributed by atoms with Gasteiger partial charge in [-0.05, 0) is 32.4 Å². The molecule has 1 rings (SSSR count). The largest absolute Gasteiger partial charge is 0.465 e. The van der Waals surface area contributed by atoms with E-state index in [1.54, 1.807) is 12.1 Å². The normalized spacial score (nSPS) is 11.2. The molecule has 0 heterocycles. The maximum Gasteiger partial charge on any atom is 0.328 e. The molecule has 0 N–H and O–H groups in total. The van der Waals surface area contributed by atoms with Gasteiger partial charge in [-0.2, -0.15) is 0 Å². The Morgan fingerprint density at radius 3 is 2.32 bits per heavy atom. The molecule has 1 aromatic rings. The molecule has 6 heteroatoms. The minimum Gasteiger partial charge on any atom is -0.465 e. The molecule has 0 unspecified atom stereocenters. The van der Waals surface area contributed by atoms with E-state index in [1.165, 1.54) is 39.2 Å². The lowest BCUT2D eigenvalue weighted by molar-refractivity contribution is -0.164. The zero-order valence-corrected chi connectivity index (χ0v) is 16.6. The van der Waals surface area contributed by atoms with E-state index in [1.807, 2.05) is 0 Å². The topological polar surface area (TPSA) is 52.6 Å². The Hall–Kier alpha value is -1.26. The van der Waals surface area contributed by atoms with E-state index in [-0.39, 0.29) is 15.8 Å². The van der Waals surface area contributed by atoms with Crippen LogP contribution in [0.1, 0.15) is 59.3 Å². The van der Waals surface area contributed by atoms with E-state index >= 15 is 0 Å². The van der Waals surface area contributed by atoms with Crippen molar-refractivity contribution in [2.45, 2.75) is 59.3 Å². The van der Waals surface area contributed by atoms with Crippen molar-refractivity contribution in [3.63, 3.8) is 0 Å². The molecule has 0 saturated heterocycles. The molecule has 140 valence electrons. The second-order valence-corrected chi connectivity index (χ2v) is 7.26. The van der Waals surface area contributed by atoms with Crippen LogP contribution in [0.15, 0.2) is 18.2 Å². The van der Waals surface area contributed by atoms with Crippen LogP contribution in [0.25, 0.3) is 0 Å². The third-order valence-corrected chi connectivity index (χ3v) is 4.67. The third kappa shape index (κ3) is 6.87. The molecule has 0 aliphatic carbocycles. The summed E-state index contributed by atoms with van der Waals surface area (Å²) in [4.78, 5) is 24.5. The van der Waals surface area contributed by atoms with Gasteiger partial charge < -0.3 is 9.47 Å². The quantitative estimate of drug-likeness (QED) is 0.219. The lowest BCUT2D eigenvalue weighted by atomic mass is 9.94. The van der Waals surface area contributed by atoms with Gasteiger partial charge >= 0.3 is 11.9 Å². The maximum atomic E-state index is 12.3. The Labute approximate surface area is 159 Å². The Bertz CT molecular complexity index is 585. The van der Waals surface area contributed by atoms with Crippen molar-refractivity contribution >= 4 is 35.1 Å². The van der Waals surface area contributed by atoms with E-state index in [9.17, 15) is 9.59 Å². The van der Waals surface area contributed by atoms with Gasteiger partial charge in [0.05, 0.1) is 11.6 Å². The fourth-order valence-corrected chi connectivity index (χ4v) is 2.43. The predicted molar refractivity (Wildman–Crippen MR) is 100 cm³/mol. The van der Waals surface area contributed by atoms with Crippen LogP contribution in [0, 0.1) is 5.41 Å². The Morgan fingerprint density at radius 1 is 1.00 bits per heavy atom. The van der Waals surface area contributed by atoms with Gasteiger partial charge in [-0.15, -0.1) is 0 Å². The number of halogens is 2. The molecular formula is C19H26Cl2O4. The molecule has 0 spiro atoms. The van der Waals surface area contributed by atoms with Crippen LogP contribution in [0.3, 0.4) is 0 Å². The van der Waals surface area contributed by atoms with E-state index in [2.05, 4.69) is 6.92 Å². The number of hydrogen-bond acceptors (Lipinski definition) is 4. The molecule has 0 aliphatic heterocycles. The summed E-state index contributed by atoms with van der Waals surface area (Å²) in [6.45, 7) is 5.41. The van der Waals surface area contributed by atoms with Gasteiger partial charge in [-0.25, -0.2) is 0 Å². The first-order chi connectivity index (χ1) is 11.8. The van der Waals surface area contributed by atoms with Gasteiger partial charge in [-0.1, -0.05) is 68.3 Å². The molecule has 0 saturated carbocycles. The zero-order chi connectivity index (χ0) is 18.9. The number of benzene rings is 1. The number of hydrogen-bond donors (Lipinski definition) is 0. The molecule has 0 bridgehead atoms. The van der Waals surface area contributed by atoms with Gasteiger partial charge in [-0.3, -0.25) is 9.59 Å². The van der Waals surface area contributed by atoms with Crippen LogP contribution in [-0.4, -0.2) is 18.5 Å². The van der Waals surface area contributed by atoms with Crippen LogP contribution in [0.2, 0.25) is 10.0 Å². The fraction of sp³-hybridized carbons (Fsp3) is 0.579. The number of carbonyl (C=O) groups is 2. The first-order valence-corrected chi connectivity index (χ1v) is 9.39. The van der Waals surface area contributed by atoms with Crippen molar-refractivity contribution in [2.24, 2.45) is 5.41 Å². The van der Waals surface area contributed by atoms with E-state index in [0.29, 0.717) is 6.61 Å². The summed E-state index contributed by atoms with van der Waals surface area (Å²) in [7, 11) is 0. The van der Waals surface area contributed by atoms with Crippen LogP contribution in [-0.2, 0) is 14.3 Å². The molecule has 25 heavy (non-hydrogen) atoms. The smallest absolute Gasteiger partial charge is 0.328 e. The Balaban J connectivity index is 2.48. The first-order valence-electron chi connectivity index (χ1n) is 8.64. The average Bonchev–Trinajstić information content (AvgIpc) is 2.57. The highest BCUT2D eigenvalue weighted by atomic mass is 35.5. The molecule has 4 nitrogen and oxygen atoms in total. The summed E-state index contributed by atoms with van der Waals surface area (Å²) in [6.07, 6.45) is 6.55. The molecule has 0 fully saturated rings. The Kier molecular flexibility index (Phi) is 9.30. The van der Waals surface area contributed by atoms with Gasteiger partial charge in [0.25, 0.3) is 0 Å². The molecule has 0 radical (unpaired) electrons. The lowest BCUT2D eigenvalue weighted by Gasteiger charge is -2.21. The SMILES string of the molecule is CCCCCCCCOC(=O)C(C)(C)C(=O)Oc1cccc(Cl)c1Cl. The lowest BCUT2D eigenvalue weighted by Crippen LogP contribution is -2.38. The van der Waals surface area contributed by atoms with Crippen molar-refractivity contribution < 1.29 is 19.1 Å². The average molecular weight is 389 g/mol. The predicted octanol–water partition coefficient (Wildman–Crippen LogP) is 5.83. The van der Waals surface area contributed by atoms with E-state index in [0.717, 1.165) is 19.3 Å². The molecule has 0 aromatic heterocycles. The summed E-state index contributed by atoms with van der Waals surface area (Å²) >= 11 is 11.9. The second kappa shape index (κ2) is 10.7. The molecule has 0 amide bonds. The summed E-state index contributed by atoms with van der Waals surface area (Å²) in [6, 6.07) is 4.71.